The topological polar surface area (TPSA) is 94.9 Å². The largest absolute Gasteiger partial charge is 0.493 e. The highest BCUT2D eigenvalue weighted by Gasteiger charge is 2.31. The van der Waals surface area contributed by atoms with Crippen LogP contribution in [-0.2, 0) is 12.4 Å². The van der Waals surface area contributed by atoms with E-state index in [1.54, 1.807) is 19.2 Å². The molecular weight excluding hydrogens is 538 g/mol. The van der Waals surface area contributed by atoms with E-state index < -0.39 is 23.5 Å². The molecule has 0 aliphatic heterocycles. The molecule has 0 atom stereocenters. The Hall–Kier alpha value is -3.93. The molecule has 6 nitrogen and oxygen atoms in total. The van der Waals surface area contributed by atoms with Crippen molar-refractivity contribution in [2.45, 2.75) is 25.2 Å². The van der Waals surface area contributed by atoms with Crippen LogP contribution in [0.3, 0.4) is 0 Å². The van der Waals surface area contributed by atoms with Gasteiger partial charge in [0.2, 0.25) is 0 Å². The maximum Gasteiger partial charge on any atom is 0.416 e. The summed E-state index contributed by atoms with van der Waals surface area (Å²) in [4.78, 5) is 3.90. The second kappa shape index (κ2) is 13.4. The number of ether oxygens (including phenoxy) is 2. The highest BCUT2D eigenvalue weighted by atomic mass is 19.4. The van der Waals surface area contributed by atoms with Crippen LogP contribution < -0.4 is 26.3 Å². The predicted octanol–water partition coefficient (Wildman–Crippen LogP) is 6.09. The monoisotopic (exact) mass is 568 g/mol. The summed E-state index contributed by atoms with van der Waals surface area (Å²) < 4.78 is 91.0. The molecule has 0 saturated carbocycles. The number of hydrogen-bond donors (Lipinski definition) is 3. The maximum absolute atomic E-state index is 13.2. The summed E-state index contributed by atoms with van der Waals surface area (Å²) in [6.45, 7) is 1.46. The fourth-order valence-corrected chi connectivity index (χ4v) is 3.81. The van der Waals surface area contributed by atoms with E-state index >= 15 is 0 Å². The second-order valence-corrected chi connectivity index (χ2v) is 8.81. The molecule has 0 saturated heterocycles. The highest BCUT2D eigenvalue weighted by molar-refractivity contribution is 5.82. The van der Waals surface area contributed by atoms with Gasteiger partial charge < -0.3 is 26.3 Å². The predicted molar refractivity (Wildman–Crippen MR) is 142 cm³/mol. The molecule has 0 radical (unpaired) electrons. The summed E-state index contributed by atoms with van der Waals surface area (Å²) in [5.41, 5.74) is 10.8. The van der Waals surface area contributed by atoms with Gasteiger partial charge >= 0.3 is 12.4 Å². The Balaban J connectivity index is 2.08. The minimum atomic E-state index is -4.51. The van der Waals surface area contributed by atoms with E-state index in [1.165, 1.54) is 24.3 Å². The molecule has 12 heteroatoms. The highest BCUT2D eigenvalue weighted by Crippen LogP contribution is 2.42. The molecule has 0 aliphatic rings. The van der Waals surface area contributed by atoms with Crippen LogP contribution in [0.4, 0.5) is 26.3 Å². The van der Waals surface area contributed by atoms with Crippen molar-refractivity contribution >= 4 is 5.96 Å². The van der Waals surface area contributed by atoms with E-state index in [9.17, 15) is 26.3 Å². The van der Waals surface area contributed by atoms with Crippen LogP contribution in [-0.4, -0.2) is 39.3 Å². The molecule has 3 rings (SSSR count). The first-order valence-electron chi connectivity index (χ1n) is 12.4. The third-order valence-corrected chi connectivity index (χ3v) is 5.81. The fraction of sp³-hybridized carbons (Fsp3) is 0.321. The van der Waals surface area contributed by atoms with Gasteiger partial charge in [0.05, 0.1) is 24.3 Å². The van der Waals surface area contributed by atoms with Crippen LogP contribution in [0.25, 0.3) is 22.3 Å². The summed E-state index contributed by atoms with van der Waals surface area (Å²) in [5.74, 6) is 0.609. The van der Waals surface area contributed by atoms with Crippen molar-refractivity contribution in [1.82, 2.24) is 5.32 Å². The number of alkyl halides is 6. The van der Waals surface area contributed by atoms with Gasteiger partial charge in [-0.3, -0.25) is 4.99 Å². The van der Waals surface area contributed by atoms with Gasteiger partial charge in [-0.25, -0.2) is 0 Å². The summed E-state index contributed by atoms with van der Waals surface area (Å²) in [5, 5.41) is 3.01. The Morgan fingerprint density at radius 2 is 1.18 bits per heavy atom. The van der Waals surface area contributed by atoms with Crippen LogP contribution in [0.1, 0.15) is 24.0 Å². The Bertz CT molecular complexity index is 1270. The van der Waals surface area contributed by atoms with Gasteiger partial charge in [-0.15, -0.1) is 0 Å². The Kier molecular flexibility index (Phi) is 10.3. The molecule has 3 aromatic rings. The molecule has 3 aromatic carbocycles. The lowest BCUT2D eigenvalue weighted by Gasteiger charge is -2.19. The van der Waals surface area contributed by atoms with Gasteiger partial charge in [0.1, 0.15) is 11.5 Å². The minimum Gasteiger partial charge on any atom is -0.493 e. The molecule has 0 bridgehead atoms. The number of nitrogens with two attached hydrogens (primary N) is 2. The van der Waals surface area contributed by atoms with Crippen LogP contribution in [0, 0.1) is 0 Å². The van der Waals surface area contributed by atoms with Crippen molar-refractivity contribution in [1.29, 1.82) is 0 Å². The van der Waals surface area contributed by atoms with Gasteiger partial charge in [0.15, 0.2) is 5.96 Å². The molecule has 0 aromatic heterocycles. The standard InChI is InChI=1S/C28H30F6N4O2/c1-37-12-2-14-39-24-17-25(40-15-3-13-38-26(35)36)23(19-6-10-21(11-7-19)28(32,33)34)16-22(24)18-4-8-20(9-5-18)27(29,30)31/h4-11,16-17,37H,2-3,12-15H2,1H3,(H4,35,36,38). The number of aliphatic imine (C=N–C) groups is 1. The molecule has 0 aliphatic carbocycles. The van der Waals surface area contributed by atoms with E-state index in [0.29, 0.717) is 66.3 Å². The quantitative estimate of drug-likeness (QED) is 0.106. The first kappa shape index (κ1) is 30.6. The van der Waals surface area contributed by atoms with Crippen LogP contribution >= 0.6 is 0 Å². The molecule has 0 spiro atoms. The van der Waals surface area contributed by atoms with Crippen molar-refractivity contribution in [3.63, 3.8) is 0 Å². The molecule has 40 heavy (non-hydrogen) atoms. The molecular formula is C28H30F6N4O2. The van der Waals surface area contributed by atoms with Crippen LogP contribution in [0.15, 0.2) is 65.7 Å². The van der Waals surface area contributed by atoms with E-state index in [2.05, 4.69) is 10.3 Å². The SMILES string of the molecule is CNCCCOc1cc(OCCCN=C(N)N)c(-c2ccc(C(F)(F)F)cc2)cc1-c1ccc(C(F)(F)F)cc1. The van der Waals surface area contributed by atoms with Crippen molar-refractivity contribution in [3.8, 4) is 33.8 Å². The van der Waals surface area contributed by atoms with E-state index in [4.69, 9.17) is 20.9 Å². The van der Waals surface area contributed by atoms with Crippen molar-refractivity contribution < 1.29 is 35.8 Å². The van der Waals surface area contributed by atoms with Crippen LogP contribution in [0.2, 0.25) is 0 Å². The number of halogens is 6. The fourth-order valence-electron chi connectivity index (χ4n) is 3.81. The number of nitrogens with zero attached hydrogens (tertiary/aromatic N) is 1. The second-order valence-electron chi connectivity index (χ2n) is 8.81. The lowest BCUT2D eigenvalue weighted by atomic mass is 9.95. The summed E-state index contributed by atoms with van der Waals surface area (Å²) in [6, 6.07) is 12.4. The number of nitrogens with one attached hydrogen (secondary N) is 1. The smallest absolute Gasteiger partial charge is 0.416 e. The normalized spacial score (nSPS) is 11.8. The Morgan fingerprint density at radius 1 is 0.725 bits per heavy atom. The third kappa shape index (κ3) is 8.54. The minimum absolute atomic E-state index is 0.0661. The summed E-state index contributed by atoms with van der Waals surface area (Å²) in [7, 11) is 1.79. The van der Waals surface area contributed by atoms with Gasteiger partial charge in [0.25, 0.3) is 0 Å². The average Bonchev–Trinajstić information content (AvgIpc) is 2.90. The van der Waals surface area contributed by atoms with Crippen molar-refractivity contribution in [2.75, 3.05) is 33.4 Å². The lowest BCUT2D eigenvalue weighted by molar-refractivity contribution is -0.138. The molecule has 0 unspecified atom stereocenters. The van der Waals surface area contributed by atoms with Crippen molar-refractivity contribution in [3.05, 3.63) is 71.8 Å². The van der Waals surface area contributed by atoms with Gasteiger partial charge in [0, 0.05) is 30.2 Å². The van der Waals surface area contributed by atoms with Gasteiger partial charge in [-0.2, -0.15) is 26.3 Å². The lowest BCUT2D eigenvalue weighted by Crippen LogP contribution is -2.23. The molecule has 0 fully saturated rings. The van der Waals surface area contributed by atoms with Crippen LogP contribution in [0.5, 0.6) is 11.5 Å². The number of hydrogen-bond acceptors (Lipinski definition) is 4. The van der Waals surface area contributed by atoms with E-state index in [0.717, 1.165) is 24.3 Å². The van der Waals surface area contributed by atoms with E-state index in [1.807, 2.05) is 0 Å². The maximum atomic E-state index is 13.2. The van der Waals surface area contributed by atoms with Gasteiger partial charge in [-0.05, 0) is 61.5 Å². The zero-order valence-electron chi connectivity index (χ0n) is 21.7. The van der Waals surface area contributed by atoms with E-state index in [-0.39, 0.29) is 12.6 Å². The third-order valence-electron chi connectivity index (χ3n) is 5.81. The summed E-state index contributed by atoms with van der Waals surface area (Å²) >= 11 is 0. The first-order chi connectivity index (χ1) is 18.9. The molecule has 5 N–H and O–H groups in total. The average molecular weight is 569 g/mol. The first-order valence-corrected chi connectivity index (χ1v) is 12.4. The molecule has 0 heterocycles. The molecule has 0 amide bonds. The Labute approximate surface area is 228 Å². The number of guanidine groups is 1. The van der Waals surface area contributed by atoms with Crippen molar-refractivity contribution in [2.24, 2.45) is 16.5 Å². The number of rotatable bonds is 12. The zero-order valence-corrected chi connectivity index (χ0v) is 21.7. The Morgan fingerprint density at radius 3 is 1.57 bits per heavy atom. The zero-order chi connectivity index (χ0) is 29.3. The summed E-state index contributed by atoms with van der Waals surface area (Å²) in [6.07, 6.45) is -7.92. The van der Waals surface area contributed by atoms with Gasteiger partial charge in [-0.1, -0.05) is 24.3 Å². The number of benzene rings is 3. The molecule has 216 valence electrons.